The highest BCUT2D eigenvalue weighted by Gasteiger charge is 2.02. The van der Waals surface area contributed by atoms with Gasteiger partial charge in [0.1, 0.15) is 0 Å². The van der Waals surface area contributed by atoms with Gasteiger partial charge in [0.05, 0.1) is 0 Å². The monoisotopic (exact) mass is 208 g/mol. The summed E-state index contributed by atoms with van der Waals surface area (Å²) in [6.45, 7) is 2.84. The van der Waals surface area contributed by atoms with Crippen molar-refractivity contribution >= 4 is 22.5 Å². The number of nitrogens with two attached hydrogens (primary N) is 1. The van der Waals surface area contributed by atoms with Crippen molar-refractivity contribution in [2.24, 2.45) is 5.73 Å². The maximum Gasteiger partial charge on any atom is 0.0481 e. The van der Waals surface area contributed by atoms with E-state index in [0.717, 1.165) is 17.0 Å². The molecule has 0 aliphatic rings. The van der Waals surface area contributed by atoms with Gasteiger partial charge in [0.15, 0.2) is 0 Å². The largest absolute Gasteiger partial charge is 0.346 e. The van der Waals surface area contributed by atoms with Crippen LogP contribution in [-0.4, -0.2) is 10.6 Å². The minimum atomic E-state index is 0.168. The van der Waals surface area contributed by atoms with Gasteiger partial charge in [0.25, 0.3) is 0 Å². The van der Waals surface area contributed by atoms with Crippen molar-refractivity contribution in [3.8, 4) is 0 Å². The SMILES string of the molecule is C[C@H](N)Cn1ccc2cc(Cl)ccc21. The Labute approximate surface area is 88.3 Å². The zero-order chi connectivity index (χ0) is 10.1. The number of hydrogen-bond acceptors (Lipinski definition) is 1. The minimum absolute atomic E-state index is 0.168. The second kappa shape index (κ2) is 3.64. The third-order valence-electron chi connectivity index (χ3n) is 2.22. The molecule has 0 amide bonds. The van der Waals surface area contributed by atoms with Gasteiger partial charge in [-0.2, -0.15) is 0 Å². The van der Waals surface area contributed by atoms with Crippen LogP contribution in [0.25, 0.3) is 10.9 Å². The van der Waals surface area contributed by atoms with Crippen LogP contribution in [0.4, 0.5) is 0 Å². The Balaban J connectivity index is 2.47. The van der Waals surface area contributed by atoms with E-state index >= 15 is 0 Å². The van der Waals surface area contributed by atoms with E-state index in [4.69, 9.17) is 17.3 Å². The van der Waals surface area contributed by atoms with Crippen LogP contribution in [0.1, 0.15) is 6.92 Å². The van der Waals surface area contributed by atoms with Gasteiger partial charge in [0.2, 0.25) is 0 Å². The highest BCUT2D eigenvalue weighted by atomic mass is 35.5. The summed E-state index contributed by atoms with van der Waals surface area (Å²) in [5.41, 5.74) is 6.94. The number of nitrogens with zero attached hydrogens (tertiary/aromatic N) is 1. The summed E-state index contributed by atoms with van der Waals surface area (Å²) in [6.07, 6.45) is 2.05. The van der Waals surface area contributed by atoms with Crippen LogP contribution in [0.5, 0.6) is 0 Å². The zero-order valence-corrected chi connectivity index (χ0v) is 8.83. The molecular formula is C11H13ClN2. The van der Waals surface area contributed by atoms with E-state index in [2.05, 4.69) is 10.6 Å². The third kappa shape index (κ3) is 1.76. The molecule has 2 rings (SSSR count). The molecule has 2 aromatic rings. The minimum Gasteiger partial charge on any atom is -0.346 e. The quantitative estimate of drug-likeness (QED) is 0.808. The second-order valence-electron chi connectivity index (χ2n) is 3.65. The normalized spacial score (nSPS) is 13.4. The molecule has 0 unspecified atom stereocenters. The number of aromatic nitrogens is 1. The number of fused-ring (bicyclic) bond motifs is 1. The average molecular weight is 209 g/mol. The summed E-state index contributed by atoms with van der Waals surface area (Å²) >= 11 is 5.90. The molecule has 1 atom stereocenters. The van der Waals surface area contributed by atoms with E-state index in [9.17, 15) is 0 Å². The van der Waals surface area contributed by atoms with Crippen molar-refractivity contribution in [3.05, 3.63) is 35.5 Å². The maximum atomic E-state index is 5.90. The number of hydrogen-bond donors (Lipinski definition) is 1. The molecule has 74 valence electrons. The fourth-order valence-corrected chi connectivity index (χ4v) is 1.82. The Hall–Kier alpha value is -0.990. The smallest absolute Gasteiger partial charge is 0.0481 e. The Morgan fingerprint density at radius 3 is 2.93 bits per heavy atom. The summed E-state index contributed by atoms with van der Waals surface area (Å²) in [7, 11) is 0. The molecule has 2 nitrogen and oxygen atoms in total. The summed E-state index contributed by atoms with van der Waals surface area (Å²) in [5.74, 6) is 0. The highest BCUT2D eigenvalue weighted by molar-refractivity contribution is 6.31. The lowest BCUT2D eigenvalue weighted by molar-refractivity contribution is 0.605. The van der Waals surface area contributed by atoms with E-state index in [-0.39, 0.29) is 6.04 Å². The molecule has 0 bridgehead atoms. The molecule has 0 spiro atoms. The molecule has 1 aromatic carbocycles. The van der Waals surface area contributed by atoms with Gasteiger partial charge < -0.3 is 10.3 Å². The van der Waals surface area contributed by atoms with E-state index in [0.29, 0.717) is 0 Å². The Morgan fingerprint density at radius 1 is 1.43 bits per heavy atom. The molecule has 1 heterocycles. The van der Waals surface area contributed by atoms with Crippen LogP contribution in [-0.2, 0) is 6.54 Å². The first kappa shape index (κ1) is 9.56. The van der Waals surface area contributed by atoms with E-state index in [1.165, 1.54) is 5.52 Å². The maximum absolute atomic E-state index is 5.90. The van der Waals surface area contributed by atoms with Gasteiger partial charge in [-0.25, -0.2) is 0 Å². The number of benzene rings is 1. The third-order valence-corrected chi connectivity index (χ3v) is 2.45. The summed E-state index contributed by atoms with van der Waals surface area (Å²) in [4.78, 5) is 0. The first-order valence-corrected chi connectivity index (χ1v) is 5.04. The van der Waals surface area contributed by atoms with Crippen LogP contribution in [0.3, 0.4) is 0 Å². The van der Waals surface area contributed by atoms with Crippen LogP contribution < -0.4 is 5.73 Å². The first-order valence-electron chi connectivity index (χ1n) is 4.67. The molecule has 0 saturated heterocycles. The Morgan fingerprint density at radius 2 is 2.21 bits per heavy atom. The number of rotatable bonds is 2. The van der Waals surface area contributed by atoms with Gasteiger partial charge in [-0.05, 0) is 31.2 Å². The summed E-state index contributed by atoms with van der Waals surface area (Å²) in [6, 6.07) is 8.13. The molecule has 14 heavy (non-hydrogen) atoms. The van der Waals surface area contributed by atoms with Crippen molar-refractivity contribution in [2.75, 3.05) is 0 Å². The highest BCUT2D eigenvalue weighted by Crippen LogP contribution is 2.20. The zero-order valence-electron chi connectivity index (χ0n) is 8.07. The molecule has 0 aliphatic heterocycles. The standard InChI is InChI=1S/C11H13ClN2/c1-8(13)7-14-5-4-9-6-10(12)2-3-11(9)14/h2-6,8H,7,13H2,1H3/t8-/m0/s1. The summed E-state index contributed by atoms with van der Waals surface area (Å²) < 4.78 is 2.15. The Bertz CT molecular complexity index is 445. The van der Waals surface area contributed by atoms with Gasteiger partial charge in [0, 0.05) is 34.7 Å². The van der Waals surface area contributed by atoms with Crippen molar-refractivity contribution < 1.29 is 0 Å². The average Bonchev–Trinajstić information content (AvgIpc) is 2.47. The van der Waals surface area contributed by atoms with Crippen molar-refractivity contribution in [1.82, 2.24) is 4.57 Å². The fourth-order valence-electron chi connectivity index (χ4n) is 1.64. The van der Waals surface area contributed by atoms with Crippen LogP contribution >= 0.6 is 11.6 Å². The van der Waals surface area contributed by atoms with Gasteiger partial charge in [-0.15, -0.1) is 0 Å². The molecule has 0 saturated carbocycles. The van der Waals surface area contributed by atoms with Gasteiger partial charge >= 0.3 is 0 Å². The molecule has 1 aromatic heterocycles. The molecule has 0 fully saturated rings. The Kier molecular flexibility index (Phi) is 2.48. The summed E-state index contributed by atoms with van der Waals surface area (Å²) in [5, 5.41) is 1.94. The predicted molar refractivity (Wildman–Crippen MR) is 60.6 cm³/mol. The van der Waals surface area contributed by atoms with Crippen LogP contribution in [0, 0.1) is 0 Å². The van der Waals surface area contributed by atoms with E-state index in [1.807, 2.05) is 31.3 Å². The van der Waals surface area contributed by atoms with Crippen molar-refractivity contribution in [2.45, 2.75) is 19.5 Å². The molecular weight excluding hydrogens is 196 g/mol. The molecule has 0 aliphatic carbocycles. The predicted octanol–water partition coefficient (Wildman–Crippen LogP) is 2.64. The lowest BCUT2D eigenvalue weighted by atomic mass is 10.2. The van der Waals surface area contributed by atoms with Crippen LogP contribution in [0.2, 0.25) is 5.02 Å². The van der Waals surface area contributed by atoms with E-state index in [1.54, 1.807) is 0 Å². The first-order chi connectivity index (χ1) is 6.66. The van der Waals surface area contributed by atoms with Gasteiger partial charge in [-0.3, -0.25) is 0 Å². The van der Waals surface area contributed by atoms with Crippen molar-refractivity contribution in [1.29, 1.82) is 0 Å². The second-order valence-corrected chi connectivity index (χ2v) is 4.08. The lowest BCUT2D eigenvalue weighted by Crippen LogP contribution is -2.21. The van der Waals surface area contributed by atoms with Crippen LogP contribution in [0.15, 0.2) is 30.5 Å². The van der Waals surface area contributed by atoms with Gasteiger partial charge in [-0.1, -0.05) is 11.6 Å². The topological polar surface area (TPSA) is 30.9 Å². The van der Waals surface area contributed by atoms with Crippen molar-refractivity contribution in [3.63, 3.8) is 0 Å². The molecule has 3 heteroatoms. The lowest BCUT2D eigenvalue weighted by Gasteiger charge is -2.08. The van der Waals surface area contributed by atoms with E-state index < -0.39 is 0 Å². The number of halogens is 1. The molecule has 0 radical (unpaired) electrons. The molecule has 2 N–H and O–H groups in total. The fraction of sp³-hybridized carbons (Fsp3) is 0.273.